The molecule has 2 aromatic rings. The van der Waals surface area contributed by atoms with Crippen molar-refractivity contribution in [1.82, 2.24) is 9.88 Å². The molecule has 1 saturated carbocycles. The van der Waals surface area contributed by atoms with E-state index in [1.807, 2.05) is 24.4 Å². The number of pyridine rings is 1. The molecule has 6 nitrogen and oxygen atoms in total. The molecule has 2 heterocycles. The topological polar surface area (TPSA) is 82.5 Å². The number of anilines is 1. The molecular formula is C23H23N3O3. The van der Waals surface area contributed by atoms with E-state index in [4.69, 9.17) is 5.11 Å². The third kappa shape index (κ3) is 3.66. The number of carbonyl (C=O) groups is 2. The van der Waals surface area contributed by atoms with Crippen LogP contribution in [-0.2, 0) is 16.1 Å². The second-order valence-electron chi connectivity index (χ2n) is 7.74. The summed E-state index contributed by atoms with van der Waals surface area (Å²) in [6, 6.07) is 12.2. The summed E-state index contributed by atoms with van der Waals surface area (Å²) in [5, 5.41) is 12.3. The average Bonchev–Trinajstić information content (AvgIpc) is 3.45. The minimum Gasteiger partial charge on any atom is -0.478 e. The number of nitrogens with one attached hydrogen (secondary N) is 1. The predicted octanol–water partition coefficient (Wildman–Crippen LogP) is 3.46. The Hall–Kier alpha value is -3.41. The Bertz CT molecular complexity index is 1030. The van der Waals surface area contributed by atoms with Crippen molar-refractivity contribution in [2.24, 2.45) is 11.3 Å². The van der Waals surface area contributed by atoms with Crippen LogP contribution >= 0.6 is 0 Å². The molecule has 2 aliphatic rings. The minimum absolute atomic E-state index is 0.00490. The Labute approximate surface area is 169 Å². The second kappa shape index (κ2) is 7.20. The van der Waals surface area contributed by atoms with Crippen LogP contribution in [0.4, 0.5) is 5.82 Å². The monoisotopic (exact) mass is 389 g/mol. The number of benzene rings is 1. The van der Waals surface area contributed by atoms with Crippen LogP contribution < -0.4 is 5.32 Å². The van der Waals surface area contributed by atoms with Gasteiger partial charge in [0.2, 0.25) is 5.91 Å². The van der Waals surface area contributed by atoms with E-state index in [1.165, 1.54) is 17.2 Å². The summed E-state index contributed by atoms with van der Waals surface area (Å²) in [4.78, 5) is 29.6. The summed E-state index contributed by atoms with van der Waals surface area (Å²) in [5.74, 6) is -0.325. The number of fused-ring (bicyclic) bond motifs is 1. The molecule has 2 atom stereocenters. The van der Waals surface area contributed by atoms with Gasteiger partial charge in [0.25, 0.3) is 0 Å². The van der Waals surface area contributed by atoms with E-state index < -0.39 is 11.4 Å². The van der Waals surface area contributed by atoms with Crippen LogP contribution in [0.5, 0.6) is 0 Å². The second-order valence-corrected chi connectivity index (χ2v) is 7.74. The van der Waals surface area contributed by atoms with E-state index in [9.17, 15) is 9.59 Å². The molecular weight excluding hydrogens is 366 g/mol. The number of nitrogens with zero attached hydrogens (tertiary/aromatic N) is 2. The quantitative estimate of drug-likeness (QED) is 0.740. The van der Waals surface area contributed by atoms with Gasteiger partial charge in [0.1, 0.15) is 5.82 Å². The van der Waals surface area contributed by atoms with Crippen molar-refractivity contribution in [1.29, 1.82) is 0 Å². The summed E-state index contributed by atoms with van der Waals surface area (Å²) in [6.45, 7) is 2.76. The molecule has 148 valence electrons. The lowest BCUT2D eigenvalue weighted by Crippen LogP contribution is -2.34. The number of aryl methyl sites for hydroxylation is 1. The molecule has 1 aliphatic heterocycles. The van der Waals surface area contributed by atoms with E-state index in [1.54, 1.807) is 18.1 Å². The van der Waals surface area contributed by atoms with Crippen molar-refractivity contribution in [3.8, 4) is 0 Å². The first kappa shape index (κ1) is 18.9. The average molecular weight is 389 g/mol. The van der Waals surface area contributed by atoms with Gasteiger partial charge in [0.05, 0.1) is 5.41 Å². The smallest absolute Gasteiger partial charge is 0.328 e. The van der Waals surface area contributed by atoms with Crippen molar-refractivity contribution in [3.63, 3.8) is 0 Å². The standard InChI is InChI=1S/C23H23N3O3/c1-15-4-3-5-16(10-15)12-24-20-7-6-17(13-25-20)18-14-26(2)22(29)23(11-19(18)23)9-8-21(27)28/h3-10,13-14,19H,11-12H2,1-2H3,(H,24,25)(H,27,28)/b9-8+. The number of carboxylic acids is 1. The molecule has 1 fully saturated rings. The van der Waals surface area contributed by atoms with Crippen LogP contribution in [-0.4, -0.2) is 33.9 Å². The van der Waals surface area contributed by atoms with Crippen LogP contribution in [0.2, 0.25) is 0 Å². The number of rotatable bonds is 6. The third-order valence-electron chi connectivity index (χ3n) is 5.61. The van der Waals surface area contributed by atoms with E-state index in [0.29, 0.717) is 13.0 Å². The fourth-order valence-electron chi connectivity index (χ4n) is 4.02. The zero-order chi connectivity index (χ0) is 20.6. The largest absolute Gasteiger partial charge is 0.478 e. The van der Waals surface area contributed by atoms with Crippen molar-refractivity contribution >= 4 is 23.3 Å². The van der Waals surface area contributed by atoms with E-state index in [0.717, 1.165) is 23.0 Å². The van der Waals surface area contributed by atoms with E-state index in [2.05, 4.69) is 35.4 Å². The van der Waals surface area contributed by atoms with Gasteiger partial charge in [-0.05, 0) is 42.2 Å². The van der Waals surface area contributed by atoms with Crippen LogP contribution in [0.25, 0.3) is 5.57 Å². The highest BCUT2D eigenvalue weighted by Crippen LogP contribution is 2.63. The highest BCUT2D eigenvalue weighted by atomic mass is 16.4. The van der Waals surface area contributed by atoms with Gasteiger partial charge in [0.15, 0.2) is 0 Å². The van der Waals surface area contributed by atoms with Crippen molar-refractivity contribution in [2.75, 3.05) is 12.4 Å². The SMILES string of the molecule is Cc1cccc(CNc2ccc(C3=CN(C)C(=O)C4(/C=C/C(=O)O)CC34)cn2)c1. The fraction of sp³-hybridized carbons (Fsp3) is 0.261. The number of hydrogen-bond acceptors (Lipinski definition) is 4. The molecule has 6 heteroatoms. The minimum atomic E-state index is -1.04. The molecule has 0 bridgehead atoms. The van der Waals surface area contributed by atoms with Crippen LogP contribution in [0.15, 0.2) is 60.9 Å². The maximum Gasteiger partial charge on any atom is 0.328 e. The Morgan fingerprint density at radius 2 is 2.21 bits per heavy atom. The molecule has 29 heavy (non-hydrogen) atoms. The Balaban J connectivity index is 1.49. The van der Waals surface area contributed by atoms with E-state index >= 15 is 0 Å². The lowest BCUT2D eigenvalue weighted by atomic mass is 9.91. The lowest BCUT2D eigenvalue weighted by molar-refractivity contribution is -0.132. The number of carboxylic acid groups (broad SMARTS) is 1. The summed E-state index contributed by atoms with van der Waals surface area (Å²) in [7, 11) is 1.71. The molecule has 1 amide bonds. The van der Waals surface area contributed by atoms with E-state index in [-0.39, 0.29) is 11.8 Å². The van der Waals surface area contributed by atoms with Crippen LogP contribution in [0, 0.1) is 18.3 Å². The summed E-state index contributed by atoms with van der Waals surface area (Å²) in [6.07, 6.45) is 6.88. The number of allylic oxidation sites excluding steroid dienone is 1. The van der Waals surface area contributed by atoms with Crippen molar-refractivity contribution in [2.45, 2.75) is 19.9 Å². The van der Waals surface area contributed by atoms with Crippen molar-refractivity contribution in [3.05, 3.63) is 77.6 Å². The molecule has 0 radical (unpaired) electrons. The first-order valence-electron chi connectivity index (χ1n) is 9.56. The van der Waals surface area contributed by atoms with Gasteiger partial charge < -0.3 is 15.3 Å². The van der Waals surface area contributed by atoms with Gasteiger partial charge in [0, 0.05) is 38.0 Å². The van der Waals surface area contributed by atoms with Gasteiger partial charge in [-0.15, -0.1) is 0 Å². The maximum absolute atomic E-state index is 12.6. The van der Waals surface area contributed by atoms with Crippen LogP contribution in [0.3, 0.4) is 0 Å². The molecule has 0 spiro atoms. The molecule has 4 rings (SSSR count). The number of aromatic nitrogens is 1. The Morgan fingerprint density at radius 1 is 1.38 bits per heavy atom. The van der Waals surface area contributed by atoms with Gasteiger partial charge >= 0.3 is 5.97 Å². The van der Waals surface area contributed by atoms with Crippen LogP contribution in [0.1, 0.15) is 23.1 Å². The molecule has 0 saturated heterocycles. The number of aliphatic carboxylic acids is 1. The summed E-state index contributed by atoms with van der Waals surface area (Å²) < 4.78 is 0. The zero-order valence-electron chi connectivity index (χ0n) is 16.4. The van der Waals surface area contributed by atoms with Crippen molar-refractivity contribution < 1.29 is 14.7 Å². The predicted molar refractivity (Wildman–Crippen MR) is 111 cm³/mol. The highest BCUT2D eigenvalue weighted by Gasteiger charge is 2.62. The summed E-state index contributed by atoms with van der Waals surface area (Å²) in [5.41, 5.74) is 3.64. The van der Waals surface area contributed by atoms with Gasteiger partial charge in [-0.1, -0.05) is 35.9 Å². The number of hydrogen-bond donors (Lipinski definition) is 2. The maximum atomic E-state index is 12.6. The Kier molecular flexibility index (Phi) is 4.70. The fourth-order valence-corrected chi connectivity index (χ4v) is 4.02. The van der Waals surface area contributed by atoms with Gasteiger partial charge in [-0.2, -0.15) is 0 Å². The normalized spacial score (nSPS) is 23.0. The molecule has 2 unspecified atom stereocenters. The Morgan fingerprint density at radius 3 is 2.90 bits per heavy atom. The summed E-state index contributed by atoms with van der Waals surface area (Å²) >= 11 is 0. The zero-order valence-corrected chi connectivity index (χ0v) is 16.4. The van der Waals surface area contributed by atoms with Gasteiger partial charge in [-0.25, -0.2) is 9.78 Å². The number of carbonyl (C=O) groups excluding carboxylic acids is 1. The first-order valence-corrected chi connectivity index (χ1v) is 9.56. The lowest BCUT2D eigenvalue weighted by Gasteiger charge is -2.26. The molecule has 1 aromatic carbocycles. The highest BCUT2D eigenvalue weighted by molar-refractivity contribution is 5.98. The molecule has 1 aliphatic carbocycles. The number of amides is 1. The third-order valence-corrected chi connectivity index (χ3v) is 5.61. The molecule has 1 aromatic heterocycles. The molecule has 2 N–H and O–H groups in total. The van der Waals surface area contributed by atoms with Gasteiger partial charge in [-0.3, -0.25) is 4.79 Å². The first-order chi connectivity index (χ1) is 13.9.